The zero-order chi connectivity index (χ0) is 22.2. The number of ether oxygens (including phenoxy) is 1. The molecule has 2 aromatic carbocycles. The minimum atomic E-state index is -0.536. The molecule has 0 radical (unpaired) electrons. The van der Waals surface area contributed by atoms with Gasteiger partial charge in [-0.3, -0.25) is 10.1 Å². The van der Waals surface area contributed by atoms with E-state index in [-0.39, 0.29) is 30.3 Å². The van der Waals surface area contributed by atoms with Gasteiger partial charge in [-0.15, -0.1) is 0 Å². The number of likely N-dealkylation sites (tertiary alicyclic amines) is 1. The highest BCUT2D eigenvalue weighted by molar-refractivity contribution is 5.93. The molecule has 1 aliphatic rings. The summed E-state index contributed by atoms with van der Waals surface area (Å²) in [5.74, 6) is -0.694. The Morgan fingerprint density at radius 2 is 1.42 bits per heavy atom. The second kappa shape index (κ2) is 10.4. The third-order valence-electron chi connectivity index (χ3n) is 4.92. The Kier molecular flexibility index (Phi) is 7.42. The molecular formula is C22H25FN4O4. The monoisotopic (exact) mass is 428 g/mol. The molecule has 0 bridgehead atoms. The lowest BCUT2D eigenvalue weighted by Gasteiger charge is -2.31. The maximum Gasteiger partial charge on any atom is 0.411 e. The average molecular weight is 428 g/mol. The van der Waals surface area contributed by atoms with Crippen LogP contribution in [0.2, 0.25) is 0 Å². The molecule has 0 unspecified atom stereocenters. The van der Waals surface area contributed by atoms with Crippen LogP contribution in [0.5, 0.6) is 0 Å². The van der Waals surface area contributed by atoms with Crippen molar-refractivity contribution in [2.75, 3.05) is 35.6 Å². The number of halogens is 1. The van der Waals surface area contributed by atoms with Crippen LogP contribution in [-0.4, -0.2) is 42.6 Å². The highest BCUT2D eigenvalue weighted by Crippen LogP contribution is 2.21. The molecule has 31 heavy (non-hydrogen) atoms. The lowest BCUT2D eigenvalue weighted by atomic mass is 9.96. The number of carbonyl (C=O) groups is 3. The zero-order valence-electron chi connectivity index (χ0n) is 17.2. The van der Waals surface area contributed by atoms with E-state index < -0.39 is 6.09 Å². The summed E-state index contributed by atoms with van der Waals surface area (Å²) in [4.78, 5) is 38.0. The van der Waals surface area contributed by atoms with Crippen molar-refractivity contribution in [3.63, 3.8) is 0 Å². The van der Waals surface area contributed by atoms with Gasteiger partial charge in [0.15, 0.2) is 0 Å². The first kappa shape index (κ1) is 22.1. The fraction of sp³-hybridized carbons (Fsp3) is 0.318. The van der Waals surface area contributed by atoms with Crippen molar-refractivity contribution in [2.45, 2.75) is 19.8 Å². The molecule has 9 heteroatoms. The highest BCUT2D eigenvalue weighted by Gasteiger charge is 2.27. The Labute approximate surface area is 179 Å². The van der Waals surface area contributed by atoms with E-state index in [1.54, 1.807) is 36.1 Å². The van der Waals surface area contributed by atoms with E-state index in [4.69, 9.17) is 4.74 Å². The molecule has 2 aromatic rings. The molecule has 0 aromatic heterocycles. The second-order valence-electron chi connectivity index (χ2n) is 7.11. The van der Waals surface area contributed by atoms with Crippen molar-refractivity contribution in [1.29, 1.82) is 0 Å². The van der Waals surface area contributed by atoms with Crippen molar-refractivity contribution < 1.29 is 23.5 Å². The predicted molar refractivity (Wildman–Crippen MR) is 115 cm³/mol. The van der Waals surface area contributed by atoms with Crippen molar-refractivity contribution in [3.8, 4) is 0 Å². The third kappa shape index (κ3) is 6.43. The van der Waals surface area contributed by atoms with Crippen LogP contribution in [0, 0.1) is 11.7 Å². The van der Waals surface area contributed by atoms with E-state index in [0.29, 0.717) is 43.0 Å². The van der Waals surface area contributed by atoms with E-state index in [0.717, 1.165) is 0 Å². The summed E-state index contributed by atoms with van der Waals surface area (Å²) in [6.45, 7) is 2.91. The predicted octanol–water partition coefficient (Wildman–Crippen LogP) is 4.28. The minimum Gasteiger partial charge on any atom is -0.450 e. The molecule has 1 aliphatic heterocycles. The van der Waals surface area contributed by atoms with Gasteiger partial charge >= 0.3 is 12.1 Å². The number of amides is 4. The van der Waals surface area contributed by atoms with Crippen LogP contribution >= 0.6 is 0 Å². The summed E-state index contributed by atoms with van der Waals surface area (Å²) in [5.41, 5.74) is 1.70. The van der Waals surface area contributed by atoms with Gasteiger partial charge in [0, 0.05) is 36.1 Å². The van der Waals surface area contributed by atoms with Crippen LogP contribution < -0.4 is 16.0 Å². The average Bonchev–Trinajstić information content (AvgIpc) is 2.77. The van der Waals surface area contributed by atoms with E-state index in [9.17, 15) is 18.8 Å². The van der Waals surface area contributed by atoms with Crippen LogP contribution in [0.25, 0.3) is 0 Å². The fourth-order valence-electron chi connectivity index (χ4n) is 3.25. The topological polar surface area (TPSA) is 99.8 Å². The van der Waals surface area contributed by atoms with Gasteiger partial charge in [0.05, 0.1) is 6.61 Å². The maximum absolute atomic E-state index is 13.0. The second-order valence-corrected chi connectivity index (χ2v) is 7.11. The van der Waals surface area contributed by atoms with Crippen LogP contribution in [0.15, 0.2) is 48.5 Å². The molecule has 0 spiro atoms. The molecule has 4 amide bonds. The Morgan fingerprint density at radius 1 is 0.903 bits per heavy atom. The first-order valence-corrected chi connectivity index (χ1v) is 10.1. The van der Waals surface area contributed by atoms with E-state index >= 15 is 0 Å². The molecule has 1 saturated heterocycles. The van der Waals surface area contributed by atoms with E-state index in [1.165, 1.54) is 24.3 Å². The van der Waals surface area contributed by atoms with Gasteiger partial charge in [-0.25, -0.2) is 14.0 Å². The van der Waals surface area contributed by atoms with Gasteiger partial charge < -0.3 is 20.3 Å². The Hall–Kier alpha value is -3.62. The summed E-state index contributed by atoms with van der Waals surface area (Å²) in [5, 5.41) is 8.18. The van der Waals surface area contributed by atoms with E-state index in [2.05, 4.69) is 16.0 Å². The first-order valence-electron chi connectivity index (χ1n) is 10.1. The number of piperidine rings is 1. The molecule has 0 aliphatic carbocycles. The lowest BCUT2D eigenvalue weighted by Crippen LogP contribution is -2.43. The standard InChI is InChI=1S/C22H25FN4O4/c1-2-31-22(30)26-19-9-7-18(8-10-19)25-21(29)27-13-11-15(12-14-27)20(28)24-17-5-3-16(23)4-6-17/h3-10,15H,2,11-14H2,1H3,(H,24,28)(H,25,29)(H,26,30). The van der Waals surface area contributed by atoms with Crippen molar-refractivity contribution in [1.82, 2.24) is 4.90 Å². The minimum absolute atomic E-state index is 0.128. The number of anilines is 3. The summed E-state index contributed by atoms with van der Waals surface area (Å²) in [6.07, 6.45) is 0.553. The molecule has 3 N–H and O–H groups in total. The number of nitrogens with zero attached hydrogens (tertiary/aromatic N) is 1. The van der Waals surface area contributed by atoms with Crippen LogP contribution in [0.3, 0.4) is 0 Å². The van der Waals surface area contributed by atoms with Gasteiger partial charge in [0.25, 0.3) is 0 Å². The fourth-order valence-corrected chi connectivity index (χ4v) is 3.25. The van der Waals surface area contributed by atoms with Gasteiger partial charge in [-0.05, 0) is 68.3 Å². The first-order chi connectivity index (χ1) is 14.9. The molecule has 1 heterocycles. The zero-order valence-corrected chi connectivity index (χ0v) is 17.2. The number of hydrogen-bond acceptors (Lipinski definition) is 4. The van der Waals surface area contributed by atoms with E-state index in [1.807, 2.05) is 0 Å². The maximum atomic E-state index is 13.0. The SMILES string of the molecule is CCOC(=O)Nc1ccc(NC(=O)N2CCC(C(=O)Nc3ccc(F)cc3)CC2)cc1. The molecule has 164 valence electrons. The van der Waals surface area contributed by atoms with Crippen molar-refractivity contribution in [3.05, 3.63) is 54.3 Å². The summed E-state index contributed by atoms with van der Waals surface area (Å²) >= 11 is 0. The molecule has 1 fully saturated rings. The summed E-state index contributed by atoms with van der Waals surface area (Å²) in [7, 11) is 0. The Bertz CT molecular complexity index is 910. The highest BCUT2D eigenvalue weighted by atomic mass is 19.1. The molecule has 0 atom stereocenters. The summed E-state index contributed by atoms with van der Waals surface area (Å²) in [6, 6.07) is 12.1. The molecule has 0 saturated carbocycles. The molecular weight excluding hydrogens is 403 g/mol. The van der Waals surface area contributed by atoms with Crippen molar-refractivity contribution >= 4 is 35.1 Å². The van der Waals surface area contributed by atoms with Gasteiger partial charge in [0.2, 0.25) is 5.91 Å². The Morgan fingerprint density at radius 3 is 2.00 bits per heavy atom. The number of carbonyl (C=O) groups excluding carboxylic acids is 3. The number of hydrogen-bond donors (Lipinski definition) is 3. The quantitative estimate of drug-likeness (QED) is 0.662. The molecule has 3 rings (SSSR count). The van der Waals surface area contributed by atoms with Gasteiger partial charge in [0.1, 0.15) is 5.82 Å². The number of rotatable bonds is 5. The van der Waals surface area contributed by atoms with Crippen LogP contribution in [-0.2, 0) is 9.53 Å². The van der Waals surface area contributed by atoms with Gasteiger partial charge in [-0.2, -0.15) is 0 Å². The number of nitrogens with one attached hydrogen (secondary N) is 3. The smallest absolute Gasteiger partial charge is 0.411 e. The largest absolute Gasteiger partial charge is 0.450 e. The van der Waals surface area contributed by atoms with Crippen LogP contribution in [0.1, 0.15) is 19.8 Å². The van der Waals surface area contributed by atoms with Crippen molar-refractivity contribution in [2.24, 2.45) is 5.92 Å². The number of benzene rings is 2. The van der Waals surface area contributed by atoms with Gasteiger partial charge in [-0.1, -0.05) is 0 Å². The summed E-state index contributed by atoms with van der Waals surface area (Å²) < 4.78 is 17.8. The Balaban J connectivity index is 1.45. The normalized spacial score (nSPS) is 13.9. The van der Waals surface area contributed by atoms with Crippen LogP contribution in [0.4, 0.5) is 31.0 Å². The lowest BCUT2D eigenvalue weighted by molar-refractivity contribution is -0.121. The molecule has 8 nitrogen and oxygen atoms in total. The number of urea groups is 1. The third-order valence-corrected chi connectivity index (χ3v) is 4.92.